The SMILES string of the molecule is Cc1ccccc1-c1cc(-c2ccc3cc(C4CC5CCC4CC5)ccc3c2)c(C(C)C)c[n+]1C. The molecular formula is C34H38N+. The van der Waals surface area contributed by atoms with Crippen molar-refractivity contribution in [1.82, 2.24) is 0 Å². The molecule has 3 aromatic carbocycles. The molecule has 0 spiro atoms. The van der Waals surface area contributed by atoms with Crippen LogP contribution < -0.4 is 4.57 Å². The molecule has 1 nitrogen and oxygen atoms in total. The number of hydrogen-bond donors (Lipinski definition) is 0. The summed E-state index contributed by atoms with van der Waals surface area (Å²) in [6.45, 7) is 6.81. The average Bonchev–Trinajstić information content (AvgIpc) is 2.89. The predicted octanol–water partition coefficient (Wildman–Crippen LogP) is 8.72. The van der Waals surface area contributed by atoms with Gasteiger partial charge in [0.1, 0.15) is 7.05 Å². The zero-order valence-corrected chi connectivity index (χ0v) is 21.7. The highest BCUT2D eigenvalue weighted by Gasteiger charge is 2.36. The van der Waals surface area contributed by atoms with Crippen molar-refractivity contribution in [1.29, 1.82) is 0 Å². The Bertz CT molecular complexity index is 1390. The van der Waals surface area contributed by atoms with E-state index in [1.165, 1.54) is 76.4 Å². The van der Waals surface area contributed by atoms with Crippen molar-refractivity contribution < 1.29 is 4.57 Å². The first-order valence-electron chi connectivity index (χ1n) is 13.6. The minimum absolute atomic E-state index is 0.460. The highest BCUT2D eigenvalue weighted by atomic mass is 14.9. The van der Waals surface area contributed by atoms with Gasteiger partial charge in [-0.3, -0.25) is 0 Å². The minimum Gasteiger partial charge on any atom is -0.201 e. The third-order valence-corrected chi connectivity index (χ3v) is 9.00. The summed E-state index contributed by atoms with van der Waals surface area (Å²) in [6, 6.07) is 25.6. The normalized spacial score (nSPS) is 21.7. The fraction of sp³-hybridized carbons (Fsp3) is 0.382. The van der Waals surface area contributed by atoms with Gasteiger partial charge in [0.15, 0.2) is 6.20 Å². The summed E-state index contributed by atoms with van der Waals surface area (Å²) in [5.74, 6) is 3.13. The molecule has 0 N–H and O–H groups in total. The smallest absolute Gasteiger partial charge is 0.201 e. The topological polar surface area (TPSA) is 3.88 Å². The van der Waals surface area contributed by atoms with Crippen LogP contribution in [0.2, 0.25) is 0 Å². The Balaban J connectivity index is 1.42. The summed E-state index contributed by atoms with van der Waals surface area (Å²) in [4.78, 5) is 0. The van der Waals surface area contributed by atoms with E-state index in [2.05, 4.69) is 105 Å². The maximum Gasteiger partial charge on any atom is 0.213 e. The van der Waals surface area contributed by atoms with E-state index in [1.807, 2.05) is 0 Å². The molecule has 1 heteroatoms. The van der Waals surface area contributed by atoms with Crippen LogP contribution in [0, 0.1) is 18.8 Å². The van der Waals surface area contributed by atoms with Crippen LogP contribution in [0.3, 0.4) is 0 Å². The van der Waals surface area contributed by atoms with Gasteiger partial charge in [-0.15, -0.1) is 0 Å². The van der Waals surface area contributed by atoms with E-state index in [0.29, 0.717) is 5.92 Å². The first-order valence-corrected chi connectivity index (χ1v) is 13.6. The second-order valence-corrected chi connectivity index (χ2v) is 11.6. The molecule has 178 valence electrons. The fourth-order valence-corrected chi connectivity index (χ4v) is 6.96. The van der Waals surface area contributed by atoms with Crippen molar-refractivity contribution in [2.24, 2.45) is 18.9 Å². The monoisotopic (exact) mass is 460 g/mol. The molecule has 3 aliphatic rings. The molecule has 4 aromatic rings. The Labute approximate surface area is 210 Å². The fourth-order valence-electron chi connectivity index (χ4n) is 6.96. The molecular weight excluding hydrogens is 422 g/mol. The van der Waals surface area contributed by atoms with E-state index in [4.69, 9.17) is 0 Å². The molecule has 1 atom stereocenters. The van der Waals surface area contributed by atoms with Gasteiger partial charge in [0, 0.05) is 17.2 Å². The van der Waals surface area contributed by atoms with Gasteiger partial charge in [-0.2, -0.15) is 0 Å². The van der Waals surface area contributed by atoms with E-state index < -0.39 is 0 Å². The molecule has 0 aliphatic heterocycles. The lowest BCUT2D eigenvalue weighted by Crippen LogP contribution is -2.32. The Morgan fingerprint density at radius 2 is 1.54 bits per heavy atom. The summed E-state index contributed by atoms with van der Waals surface area (Å²) in [6.07, 6.45) is 9.57. The Morgan fingerprint density at radius 1 is 0.800 bits per heavy atom. The average molecular weight is 461 g/mol. The number of fused-ring (bicyclic) bond motifs is 4. The minimum atomic E-state index is 0.460. The maximum absolute atomic E-state index is 2.50. The third-order valence-electron chi connectivity index (χ3n) is 9.00. The van der Waals surface area contributed by atoms with Gasteiger partial charge >= 0.3 is 0 Å². The highest BCUT2D eigenvalue weighted by Crippen LogP contribution is 2.50. The summed E-state index contributed by atoms with van der Waals surface area (Å²) < 4.78 is 2.30. The molecule has 2 bridgehead atoms. The number of benzene rings is 3. The molecule has 3 saturated carbocycles. The summed E-state index contributed by atoms with van der Waals surface area (Å²) in [5, 5.41) is 2.74. The van der Waals surface area contributed by atoms with Crippen LogP contribution in [0.15, 0.2) is 72.9 Å². The molecule has 0 radical (unpaired) electrons. The number of hydrogen-bond acceptors (Lipinski definition) is 0. The van der Waals surface area contributed by atoms with E-state index in [1.54, 1.807) is 5.56 Å². The van der Waals surface area contributed by atoms with Crippen molar-refractivity contribution in [3.8, 4) is 22.4 Å². The Morgan fingerprint density at radius 3 is 2.26 bits per heavy atom. The van der Waals surface area contributed by atoms with Gasteiger partial charge < -0.3 is 0 Å². The molecule has 7 rings (SSSR count). The second-order valence-electron chi connectivity index (χ2n) is 11.6. The Kier molecular flexibility index (Phi) is 5.75. The van der Waals surface area contributed by atoms with Gasteiger partial charge in [0.05, 0.1) is 0 Å². The molecule has 1 unspecified atom stereocenters. The van der Waals surface area contributed by atoms with Gasteiger partial charge in [-0.05, 0) is 95.0 Å². The Hall–Kier alpha value is -2.93. The van der Waals surface area contributed by atoms with Crippen LogP contribution in [0.1, 0.15) is 74.5 Å². The molecule has 1 heterocycles. The quantitative estimate of drug-likeness (QED) is 0.268. The zero-order valence-electron chi connectivity index (χ0n) is 21.7. The largest absolute Gasteiger partial charge is 0.213 e. The number of aromatic nitrogens is 1. The first kappa shape index (κ1) is 22.5. The van der Waals surface area contributed by atoms with Crippen molar-refractivity contribution in [2.75, 3.05) is 0 Å². The van der Waals surface area contributed by atoms with Gasteiger partial charge in [-0.1, -0.05) is 75.2 Å². The summed E-state index contributed by atoms with van der Waals surface area (Å²) >= 11 is 0. The molecule has 35 heavy (non-hydrogen) atoms. The van der Waals surface area contributed by atoms with Crippen molar-refractivity contribution in [2.45, 2.75) is 64.7 Å². The van der Waals surface area contributed by atoms with Crippen LogP contribution in [-0.2, 0) is 7.05 Å². The van der Waals surface area contributed by atoms with E-state index in [9.17, 15) is 0 Å². The van der Waals surface area contributed by atoms with Crippen molar-refractivity contribution >= 4 is 10.8 Å². The van der Waals surface area contributed by atoms with Crippen LogP contribution in [0.25, 0.3) is 33.2 Å². The highest BCUT2D eigenvalue weighted by molar-refractivity contribution is 5.89. The summed E-state index contributed by atoms with van der Waals surface area (Å²) in [5.41, 5.74) is 9.54. The van der Waals surface area contributed by atoms with Gasteiger partial charge in [-0.25, -0.2) is 4.57 Å². The lowest BCUT2D eigenvalue weighted by Gasteiger charge is -2.42. The van der Waals surface area contributed by atoms with Crippen LogP contribution in [-0.4, -0.2) is 0 Å². The zero-order chi connectivity index (χ0) is 24.1. The standard InChI is InChI=1S/C34H38N/c1-22(2)33-21-35(4)34(30-8-6-5-7-23(30)3)20-32(33)29-16-14-26-18-28(15-13-27(26)19-29)31-17-24-9-11-25(31)12-10-24/h5-8,13-16,18-22,24-25,31H,9-12,17H2,1-4H3/q+1. The van der Waals surface area contributed by atoms with Gasteiger partial charge in [0.25, 0.3) is 0 Å². The second kappa shape index (κ2) is 8.94. The van der Waals surface area contributed by atoms with Crippen LogP contribution >= 0.6 is 0 Å². The van der Waals surface area contributed by atoms with E-state index in [0.717, 1.165) is 17.8 Å². The summed E-state index contributed by atoms with van der Waals surface area (Å²) in [7, 11) is 2.18. The number of aryl methyl sites for hydroxylation is 2. The van der Waals surface area contributed by atoms with Crippen molar-refractivity contribution in [3.63, 3.8) is 0 Å². The molecule has 3 fully saturated rings. The molecule has 0 saturated heterocycles. The van der Waals surface area contributed by atoms with Crippen LogP contribution in [0.4, 0.5) is 0 Å². The number of nitrogens with zero attached hydrogens (tertiary/aromatic N) is 1. The number of rotatable bonds is 4. The lowest BCUT2D eigenvalue weighted by molar-refractivity contribution is -0.660. The van der Waals surface area contributed by atoms with Crippen LogP contribution in [0.5, 0.6) is 0 Å². The van der Waals surface area contributed by atoms with E-state index in [-0.39, 0.29) is 0 Å². The lowest BCUT2D eigenvalue weighted by atomic mass is 9.63. The number of pyridine rings is 1. The third kappa shape index (κ3) is 4.10. The first-order chi connectivity index (χ1) is 17.0. The molecule has 3 aliphatic carbocycles. The molecule has 0 amide bonds. The van der Waals surface area contributed by atoms with Crippen molar-refractivity contribution in [3.05, 3.63) is 89.6 Å². The van der Waals surface area contributed by atoms with E-state index >= 15 is 0 Å². The predicted molar refractivity (Wildman–Crippen MR) is 148 cm³/mol. The molecule has 1 aromatic heterocycles. The van der Waals surface area contributed by atoms with Gasteiger partial charge in [0.2, 0.25) is 5.69 Å². The maximum atomic E-state index is 2.50.